The van der Waals surface area contributed by atoms with Crippen LogP contribution in [0, 0.1) is 11.8 Å². The summed E-state index contributed by atoms with van der Waals surface area (Å²) in [5, 5.41) is 3.49. The van der Waals surface area contributed by atoms with Gasteiger partial charge in [-0.2, -0.15) is 0 Å². The average molecular weight is 343 g/mol. The van der Waals surface area contributed by atoms with Gasteiger partial charge in [0, 0.05) is 30.1 Å². The van der Waals surface area contributed by atoms with Crippen LogP contribution in [0.25, 0.3) is 0 Å². The number of anilines is 1. The Morgan fingerprint density at radius 2 is 2.04 bits per heavy atom. The summed E-state index contributed by atoms with van der Waals surface area (Å²) in [5.41, 5.74) is 7.31. The smallest absolute Gasteiger partial charge is 0.255 e. The van der Waals surface area contributed by atoms with Crippen LogP contribution >= 0.6 is 0 Å². The van der Waals surface area contributed by atoms with Crippen molar-refractivity contribution in [2.45, 2.75) is 50.0 Å². The van der Waals surface area contributed by atoms with E-state index in [1.165, 1.54) is 6.42 Å². The maximum Gasteiger partial charge on any atom is 0.255 e. The van der Waals surface area contributed by atoms with E-state index >= 15 is 0 Å². The van der Waals surface area contributed by atoms with Crippen molar-refractivity contribution in [1.82, 2.24) is 20.2 Å². The number of carbonyl (C=O) groups excluding carboxylic acids is 1. The molecular weight excluding hydrogens is 318 g/mol. The zero-order chi connectivity index (χ0) is 17.2. The van der Waals surface area contributed by atoms with Gasteiger partial charge in [0.15, 0.2) is 0 Å². The van der Waals surface area contributed by atoms with Crippen LogP contribution in [-0.4, -0.2) is 46.5 Å². The molecule has 7 heteroatoms. The largest absolute Gasteiger partial charge is 0.369 e. The molecule has 4 aliphatic rings. The van der Waals surface area contributed by atoms with Crippen LogP contribution in [-0.2, 0) is 16.6 Å². The number of hydrogen-bond acceptors (Lipinski definition) is 5. The minimum Gasteiger partial charge on any atom is -0.369 e. The Kier molecular flexibility index (Phi) is 3.26. The van der Waals surface area contributed by atoms with E-state index in [9.17, 15) is 9.59 Å². The van der Waals surface area contributed by atoms with Gasteiger partial charge in [-0.25, -0.2) is 4.98 Å². The molecule has 0 unspecified atom stereocenters. The monoisotopic (exact) mass is 343 g/mol. The van der Waals surface area contributed by atoms with Crippen molar-refractivity contribution in [1.29, 1.82) is 0 Å². The lowest BCUT2D eigenvalue weighted by molar-refractivity contribution is -0.138. The van der Waals surface area contributed by atoms with Crippen LogP contribution in [0.1, 0.15) is 43.4 Å². The van der Waals surface area contributed by atoms with E-state index in [-0.39, 0.29) is 22.8 Å². The van der Waals surface area contributed by atoms with E-state index in [4.69, 9.17) is 5.73 Å². The number of nitrogens with two attached hydrogens (primary N) is 1. The molecule has 7 nitrogen and oxygen atoms in total. The molecule has 1 aromatic heterocycles. The maximum atomic E-state index is 13.0. The Bertz CT molecular complexity index is 760. The average Bonchev–Trinajstić information content (AvgIpc) is 3.29. The fraction of sp³-hybridized carbons (Fsp3) is 0.722. The van der Waals surface area contributed by atoms with Crippen molar-refractivity contribution < 1.29 is 4.79 Å². The van der Waals surface area contributed by atoms with E-state index in [1.54, 1.807) is 0 Å². The number of likely N-dealkylation sites (tertiary alicyclic amines) is 1. The molecule has 3 atom stereocenters. The molecule has 2 bridgehead atoms. The Balaban J connectivity index is 1.35. The Morgan fingerprint density at radius 1 is 1.24 bits per heavy atom. The SMILES string of the molecule is Nc1nc2c(c(=O)[nH]1)CCC21CCN(C(=O)[C@@H]2[C@H]3CC[C@@H]2NC3)CC1. The zero-order valence-electron chi connectivity index (χ0n) is 14.4. The van der Waals surface area contributed by atoms with Crippen LogP contribution in [0.3, 0.4) is 0 Å². The molecule has 3 heterocycles. The van der Waals surface area contributed by atoms with Crippen molar-refractivity contribution >= 4 is 11.9 Å². The first-order chi connectivity index (χ1) is 12.1. The van der Waals surface area contributed by atoms with E-state index in [2.05, 4.69) is 20.2 Å². The minimum absolute atomic E-state index is 0.0681. The second-order valence-electron chi connectivity index (χ2n) is 8.26. The Morgan fingerprint density at radius 3 is 2.68 bits per heavy atom. The van der Waals surface area contributed by atoms with Gasteiger partial charge in [0.2, 0.25) is 11.9 Å². The van der Waals surface area contributed by atoms with Crippen LogP contribution in [0.5, 0.6) is 0 Å². The normalized spacial score (nSPS) is 32.3. The molecule has 1 saturated carbocycles. The van der Waals surface area contributed by atoms with Crippen LogP contribution in [0.4, 0.5) is 5.95 Å². The maximum absolute atomic E-state index is 13.0. The summed E-state index contributed by atoms with van der Waals surface area (Å²) in [7, 11) is 0. The first-order valence-electron chi connectivity index (χ1n) is 9.49. The van der Waals surface area contributed by atoms with E-state index < -0.39 is 0 Å². The number of amides is 1. The third-order valence-corrected chi connectivity index (χ3v) is 7.14. The van der Waals surface area contributed by atoms with Gasteiger partial charge < -0.3 is 16.0 Å². The topological polar surface area (TPSA) is 104 Å². The number of nitrogens with zero attached hydrogens (tertiary/aromatic N) is 2. The summed E-state index contributed by atoms with van der Waals surface area (Å²) in [5.74, 6) is 1.25. The number of nitrogens with one attached hydrogen (secondary N) is 2. The quantitative estimate of drug-likeness (QED) is 0.674. The predicted molar refractivity (Wildman–Crippen MR) is 93.1 cm³/mol. The summed E-state index contributed by atoms with van der Waals surface area (Å²) < 4.78 is 0. The van der Waals surface area contributed by atoms with Crippen molar-refractivity contribution in [2.24, 2.45) is 11.8 Å². The van der Waals surface area contributed by atoms with Gasteiger partial charge in [-0.15, -0.1) is 0 Å². The first kappa shape index (κ1) is 15.4. The predicted octanol–water partition coefficient (Wildman–Crippen LogP) is 0.157. The van der Waals surface area contributed by atoms with Crippen molar-refractivity contribution in [3.05, 3.63) is 21.6 Å². The molecule has 1 spiro atoms. The van der Waals surface area contributed by atoms with Gasteiger partial charge in [-0.05, 0) is 51.0 Å². The lowest BCUT2D eigenvalue weighted by Gasteiger charge is -2.40. The summed E-state index contributed by atoms with van der Waals surface area (Å²) in [6.07, 6.45) is 5.81. The number of piperidine rings is 2. The fourth-order valence-corrected chi connectivity index (χ4v) is 5.74. The summed E-state index contributed by atoms with van der Waals surface area (Å²) >= 11 is 0. The Labute approximate surface area is 146 Å². The third-order valence-electron chi connectivity index (χ3n) is 7.14. The highest BCUT2D eigenvalue weighted by atomic mass is 16.2. The highest BCUT2D eigenvalue weighted by molar-refractivity contribution is 5.81. The first-order valence-corrected chi connectivity index (χ1v) is 9.49. The second kappa shape index (κ2) is 5.30. The molecule has 25 heavy (non-hydrogen) atoms. The highest BCUT2D eigenvalue weighted by Crippen LogP contribution is 2.45. The Hall–Kier alpha value is -1.89. The lowest BCUT2D eigenvalue weighted by Crippen LogP contribution is -2.48. The number of rotatable bonds is 1. The van der Waals surface area contributed by atoms with Gasteiger partial charge in [0.25, 0.3) is 5.56 Å². The molecule has 0 aromatic carbocycles. The van der Waals surface area contributed by atoms with Gasteiger partial charge in [-0.1, -0.05) is 0 Å². The second-order valence-corrected chi connectivity index (χ2v) is 8.26. The molecule has 2 aliphatic carbocycles. The molecule has 0 radical (unpaired) electrons. The van der Waals surface area contributed by atoms with Crippen LogP contribution in [0.2, 0.25) is 0 Å². The molecule has 5 rings (SSSR count). The lowest BCUT2D eigenvalue weighted by atomic mass is 9.76. The van der Waals surface area contributed by atoms with E-state index in [1.807, 2.05) is 0 Å². The van der Waals surface area contributed by atoms with Gasteiger partial charge >= 0.3 is 0 Å². The van der Waals surface area contributed by atoms with Crippen molar-refractivity contribution in [3.8, 4) is 0 Å². The molecule has 134 valence electrons. The highest BCUT2D eigenvalue weighted by Gasteiger charge is 2.49. The zero-order valence-corrected chi connectivity index (χ0v) is 14.4. The molecule has 1 amide bonds. The minimum atomic E-state index is -0.0912. The van der Waals surface area contributed by atoms with Crippen LogP contribution in [0.15, 0.2) is 4.79 Å². The molecule has 4 N–H and O–H groups in total. The molecule has 1 aromatic rings. The summed E-state index contributed by atoms with van der Waals surface area (Å²) in [4.78, 5) is 34.3. The molecule has 2 aliphatic heterocycles. The fourth-order valence-electron chi connectivity index (χ4n) is 5.74. The van der Waals surface area contributed by atoms with Crippen LogP contribution < -0.4 is 16.6 Å². The molecular formula is C18H25N5O2. The number of hydrogen-bond donors (Lipinski definition) is 3. The van der Waals surface area contributed by atoms with Crippen molar-refractivity contribution in [2.75, 3.05) is 25.4 Å². The molecule has 2 saturated heterocycles. The number of nitrogen functional groups attached to an aromatic ring is 1. The van der Waals surface area contributed by atoms with Gasteiger partial charge in [0.05, 0.1) is 11.6 Å². The standard InChI is InChI=1S/C18H25N5O2/c19-17-21-14-11(15(24)22-17)3-4-18(14)5-7-23(8-6-18)16(25)13-10-1-2-12(13)20-9-10/h10,12-13,20H,1-9H2,(H3,19,21,22,24)/t10-,12-,13+/m0/s1. The van der Waals surface area contributed by atoms with Crippen molar-refractivity contribution in [3.63, 3.8) is 0 Å². The number of fused-ring (bicyclic) bond motifs is 4. The third kappa shape index (κ3) is 2.18. The number of aromatic amines is 1. The van der Waals surface area contributed by atoms with Gasteiger partial charge in [-0.3, -0.25) is 14.6 Å². The number of H-pyrrole nitrogens is 1. The van der Waals surface area contributed by atoms with E-state index in [0.29, 0.717) is 17.9 Å². The summed E-state index contributed by atoms with van der Waals surface area (Å²) in [6, 6.07) is 0.389. The number of aromatic nitrogens is 2. The number of carbonyl (C=O) groups is 1. The van der Waals surface area contributed by atoms with Gasteiger partial charge in [0.1, 0.15) is 0 Å². The molecule has 3 fully saturated rings. The summed E-state index contributed by atoms with van der Waals surface area (Å²) in [6.45, 7) is 2.53. The van der Waals surface area contributed by atoms with E-state index in [0.717, 1.165) is 63.0 Å².